The first kappa shape index (κ1) is 14.6. The highest BCUT2D eigenvalue weighted by Gasteiger charge is 2.55. The van der Waals surface area contributed by atoms with Gasteiger partial charge in [0.25, 0.3) is 0 Å². The number of ether oxygens (including phenoxy) is 1. The van der Waals surface area contributed by atoms with E-state index in [9.17, 15) is 15.0 Å². The van der Waals surface area contributed by atoms with Gasteiger partial charge < -0.3 is 14.9 Å². The maximum atomic E-state index is 12.3. The summed E-state index contributed by atoms with van der Waals surface area (Å²) >= 11 is 0. The highest BCUT2D eigenvalue weighted by Crippen LogP contribution is 2.42. The lowest BCUT2D eigenvalue weighted by Crippen LogP contribution is -2.55. The third kappa shape index (κ3) is 2.72. The number of carbonyl (C=O) groups is 1. The Balaban J connectivity index is 2.20. The van der Waals surface area contributed by atoms with Crippen molar-refractivity contribution in [1.29, 1.82) is 0 Å². The van der Waals surface area contributed by atoms with E-state index in [1.807, 2.05) is 20.8 Å². The fourth-order valence-corrected chi connectivity index (χ4v) is 3.29. The van der Waals surface area contributed by atoms with E-state index < -0.39 is 29.4 Å². The highest BCUT2D eigenvalue weighted by molar-refractivity contribution is 5.70. The van der Waals surface area contributed by atoms with E-state index in [1.165, 1.54) is 0 Å². The summed E-state index contributed by atoms with van der Waals surface area (Å²) < 4.78 is 5.41. The van der Waals surface area contributed by atoms with Crippen molar-refractivity contribution in [3.63, 3.8) is 0 Å². The first-order chi connectivity index (χ1) is 8.76. The van der Waals surface area contributed by atoms with Crippen LogP contribution >= 0.6 is 0 Å². The molecule has 110 valence electrons. The molecule has 1 aliphatic heterocycles. The summed E-state index contributed by atoms with van der Waals surface area (Å²) in [5.41, 5.74) is -1.19. The minimum absolute atomic E-state index is 0.163. The second-order valence-electron chi connectivity index (χ2n) is 6.77. The molecule has 0 radical (unpaired) electrons. The summed E-state index contributed by atoms with van der Waals surface area (Å²) in [4.78, 5) is 13.9. The molecular weight excluding hydrogens is 246 g/mol. The minimum Gasteiger partial charge on any atom is -0.444 e. The maximum absolute atomic E-state index is 12.3. The third-order valence-corrected chi connectivity index (χ3v) is 4.16. The van der Waals surface area contributed by atoms with Crippen LogP contribution in [0.5, 0.6) is 0 Å². The van der Waals surface area contributed by atoms with Crippen molar-refractivity contribution in [1.82, 2.24) is 4.90 Å². The summed E-state index contributed by atoms with van der Waals surface area (Å²) in [6.07, 6.45) is 2.39. The van der Waals surface area contributed by atoms with Crippen LogP contribution in [0, 0.1) is 0 Å². The smallest absolute Gasteiger partial charge is 0.410 e. The van der Waals surface area contributed by atoms with Gasteiger partial charge in [0.15, 0.2) is 0 Å². The SMILES string of the molecule is CC(C)(C)OC(=O)N1CC(O)C(O)C12CCCCC2. The van der Waals surface area contributed by atoms with Crippen LogP contribution in [0.1, 0.15) is 52.9 Å². The molecule has 1 saturated carbocycles. The molecule has 1 saturated heterocycles. The number of likely N-dealkylation sites (tertiary alicyclic amines) is 1. The number of hydrogen-bond acceptors (Lipinski definition) is 4. The molecule has 5 nitrogen and oxygen atoms in total. The highest BCUT2D eigenvalue weighted by atomic mass is 16.6. The van der Waals surface area contributed by atoms with E-state index in [2.05, 4.69) is 0 Å². The second kappa shape index (κ2) is 4.94. The summed E-state index contributed by atoms with van der Waals surface area (Å²) in [5, 5.41) is 20.2. The first-order valence-electron chi connectivity index (χ1n) is 7.13. The molecule has 0 bridgehead atoms. The normalized spacial score (nSPS) is 30.7. The van der Waals surface area contributed by atoms with Crippen molar-refractivity contribution in [3.05, 3.63) is 0 Å². The molecule has 19 heavy (non-hydrogen) atoms. The Labute approximate surface area is 114 Å². The average Bonchev–Trinajstić information content (AvgIpc) is 2.54. The van der Waals surface area contributed by atoms with Crippen LogP contribution in [-0.4, -0.2) is 51.1 Å². The van der Waals surface area contributed by atoms with Gasteiger partial charge in [-0.05, 0) is 33.6 Å². The lowest BCUT2D eigenvalue weighted by atomic mass is 9.78. The van der Waals surface area contributed by atoms with Crippen LogP contribution in [0.25, 0.3) is 0 Å². The van der Waals surface area contributed by atoms with Gasteiger partial charge >= 0.3 is 6.09 Å². The van der Waals surface area contributed by atoms with Gasteiger partial charge in [-0.25, -0.2) is 4.79 Å². The minimum atomic E-state index is -0.870. The molecule has 1 amide bonds. The molecule has 5 heteroatoms. The van der Waals surface area contributed by atoms with Crippen LogP contribution in [0.15, 0.2) is 0 Å². The molecule has 2 N–H and O–H groups in total. The molecule has 0 aromatic heterocycles. The van der Waals surface area contributed by atoms with Crippen LogP contribution in [0.3, 0.4) is 0 Å². The molecule has 2 fully saturated rings. The molecule has 2 aliphatic rings. The van der Waals surface area contributed by atoms with Gasteiger partial charge in [0.1, 0.15) is 11.7 Å². The zero-order valence-electron chi connectivity index (χ0n) is 12.1. The second-order valence-corrected chi connectivity index (χ2v) is 6.77. The molecular formula is C14H25NO4. The van der Waals surface area contributed by atoms with Crippen molar-refractivity contribution < 1.29 is 19.7 Å². The average molecular weight is 271 g/mol. The monoisotopic (exact) mass is 271 g/mol. The molecule has 1 spiro atoms. The summed E-state index contributed by atoms with van der Waals surface area (Å²) in [5.74, 6) is 0. The van der Waals surface area contributed by atoms with Crippen molar-refractivity contribution in [2.45, 2.75) is 76.2 Å². The lowest BCUT2D eigenvalue weighted by molar-refractivity contribution is -0.0397. The zero-order valence-corrected chi connectivity index (χ0v) is 12.1. The van der Waals surface area contributed by atoms with E-state index in [0.29, 0.717) is 0 Å². The van der Waals surface area contributed by atoms with Gasteiger partial charge in [0, 0.05) is 0 Å². The molecule has 1 heterocycles. The first-order valence-corrected chi connectivity index (χ1v) is 7.13. The van der Waals surface area contributed by atoms with Crippen molar-refractivity contribution >= 4 is 6.09 Å². The Hall–Kier alpha value is -0.810. The number of hydrogen-bond donors (Lipinski definition) is 2. The van der Waals surface area contributed by atoms with Gasteiger partial charge in [-0.2, -0.15) is 0 Å². The molecule has 2 atom stereocenters. The summed E-state index contributed by atoms with van der Waals surface area (Å²) in [7, 11) is 0. The maximum Gasteiger partial charge on any atom is 0.410 e. The van der Waals surface area contributed by atoms with Gasteiger partial charge in [-0.15, -0.1) is 0 Å². The molecule has 0 aromatic carbocycles. The molecule has 2 unspecified atom stereocenters. The quantitative estimate of drug-likeness (QED) is 0.703. The Morgan fingerprint density at radius 1 is 1.21 bits per heavy atom. The number of aliphatic hydroxyl groups is 2. The lowest BCUT2D eigenvalue weighted by Gasteiger charge is -2.43. The van der Waals surface area contributed by atoms with Gasteiger partial charge in [-0.1, -0.05) is 19.3 Å². The van der Waals surface area contributed by atoms with E-state index in [4.69, 9.17) is 4.74 Å². The molecule has 1 aliphatic carbocycles. The largest absolute Gasteiger partial charge is 0.444 e. The molecule has 0 aromatic rings. The predicted molar refractivity (Wildman–Crippen MR) is 70.8 cm³/mol. The van der Waals surface area contributed by atoms with Gasteiger partial charge in [0.05, 0.1) is 18.2 Å². The summed E-state index contributed by atoms with van der Waals surface area (Å²) in [6.45, 7) is 5.63. The van der Waals surface area contributed by atoms with E-state index in [1.54, 1.807) is 4.90 Å². The van der Waals surface area contributed by atoms with Crippen molar-refractivity contribution in [2.75, 3.05) is 6.54 Å². The van der Waals surface area contributed by atoms with E-state index in [0.717, 1.165) is 32.1 Å². The van der Waals surface area contributed by atoms with E-state index in [-0.39, 0.29) is 6.54 Å². The number of amides is 1. The van der Waals surface area contributed by atoms with E-state index >= 15 is 0 Å². The predicted octanol–water partition coefficient (Wildman–Crippen LogP) is 1.66. The van der Waals surface area contributed by atoms with Gasteiger partial charge in [-0.3, -0.25) is 4.90 Å². The van der Waals surface area contributed by atoms with Crippen LogP contribution in [0.2, 0.25) is 0 Å². The number of nitrogens with zero attached hydrogens (tertiary/aromatic N) is 1. The fourth-order valence-electron chi connectivity index (χ4n) is 3.29. The Morgan fingerprint density at radius 3 is 2.32 bits per heavy atom. The Bertz CT molecular complexity index is 344. The van der Waals surface area contributed by atoms with Crippen LogP contribution in [-0.2, 0) is 4.74 Å². The van der Waals surface area contributed by atoms with Crippen LogP contribution < -0.4 is 0 Å². The standard InChI is InChI=1S/C14H25NO4/c1-13(2,3)19-12(18)15-9-10(16)11(17)14(15)7-5-4-6-8-14/h10-11,16-17H,4-9H2,1-3H3. The number of aliphatic hydroxyl groups excluding tert-OH is 2. The third-order valence-electron chi connectivity index (χ3n) is 4.16. The Morgan fingerprint density at radius 2 is 1.79 bits per heavy atom. The van der Waals surface area contributed by atoms with Gasteiger partial charge in [0.2, 0.25) is 0 Å². The molecule has 2 rings (SSSR count). The zero-order chi connectivity index (χ0) is 14.3. The van der Waals surface area contributed by atoms with Crippen molar-refractivity contribution in [3.8, 4) is 0 Å². The summed E-state index contributed by atoms with van der Waals surface area (Å²) in [6, 6.07) is 0. The van der Waals surface area contributed by atoms with Crippen LogP contribution in [0.4, 0.5) is 4.79 Å². The number of carbonyl (C=O) groups excluding carboxylic acids is 1. The Kier molecular flexibility index (Phi) is 3.80. The fraction of sp³-hybridized carbons (Fsp3) is 0.929. The van der Waals surface area contributed by atoms with Crippen molar-refractivity contribution in [2.24, 2.45) is 0 Å². The number of rotatable bonds is 0. The topological polar surface area (TPSA) is 70.0 Å². The number of β-amino-alcohol motifs (C(OH)–C–C–N with tert-alkyl or cyclic N) is 1.